The first-order chi connectivity index (χ1) is 17.3. The average Bonchev–Trinajstić information content (AvgIpc) is 2.92. The van der Waals surface area contributed by atoms with Crippen molar-refractivity contribution in [2.75, 3.05) is 0 Å². The first-order valence-electron chi connectivity index (χ1n) is 12.9. The lowest BCUT2D eigenvalue weighted by Crippen LogP contribution is -2.65. The molecule has 1 saturated carbocycles. The number of benzene rings is 4. The predicted molar refractivity (Wildman–Crippen MR) is 155 cm³/mol. The van der Waals surface area contributed by atoms with Crippen molar-refractivity contribution in [1.29, 1.82) is 0 Å². The van der Waals surface area contributed by atoms with Crippen LogP contribution in [0.3, 0.4) is 0 Å². The average molecular weight is 497 g/mol. The van der Waals surface area contributed by atoms with Crippen LogP contribution in [0.15, 0.2) is 121 Å². The maximum absolute atomic E-state index is 4.49. The lowest BCUT2D eigenvalue weighted by molar-refractivity contribution is 0.252. The van der Waals surface area contributed by atoms with Gasteiger partial charge in [-0.1, -0.05) is 92.6 Å². The predicted octanol–water partition coefficient (Wildman–Crippen LogP) is 6.47. The highest BCUT2D eigenvalue weighted by Crippen LogP contribution is 2.87. The highest BCUT2D eigenvalue weighted by Gasteiger charge is 2.83. The second-order valence-electron chi connectivity index (χ2n) is 9.86. The van der Waals surface area contributed by atoms with Crippen molar-refractivity contribution in [3.63, 3.8) is 0 Å². The second kappa shape index (κ2) is 9.61. The third kappa shape index (κ3) is 3.71. The lowest BCUT2D eigenvalue weighted by Gasteiger charge is -2.54. The molecule has 2 unspecified atom stereocenters. The van der Waals surface area contributed by atoms with Crippen molar-refractivity contribution in [2.45, 2.75) is 38.6 Å². The van der Waals surface area contributed by atoms with E-state index in [9.17, 15) is 0 Å². The van der Waals surface area contributed by atoms with E-state index in [0.717, 1.165) is 0 Å². The van der Waals surface area contributed by atoms with Gasteiger partial charge in [0.05, 0.1) is 6.04 Å². The van der Waals surface area contributed by atoms with Crippen molar-refractivity contribution in [2.24, 2.45) is 5.92 Å². The number of hydrogen-bond acceptors (Lipinski definition) is 2. The SMILES string of the molecule is CC1CCCCC1N1[P+](c2ccccc2)(c2ccccc2)N[P+]1(c1ccccc1)c1ccccc1. The molecule has 2 aliphatic rings. The Bertz CT molecular complexity index is 1080. The molecular formula is C31H34N2P2+2. The molecule has 1 aliphatic heterocycles. The Morgan fingerprint density at radius 2 is 0.886 bits per heavy atom. The van der Waals surface area contributed by atoms with Crippen LogP contribution >= 0.6 is 15.1 Å². The number of rotatable bonds is 5. The largest absolute Gasteiger partial charge is 0.294 e. The van der Waals surface area contributed by atoms with Gasteiger partial charge >= 0.3 is 0 Å². The molecule has 0 bridgehead atoms. The van der Waals surface area contributed by atoms with E-state index in [2.05, 4.69) is 138 Å². The van der Waals surface area contributed by atoms with Gasteiger partial charge in [0, 0.05) is 0 Å². The van der Waals surface area contributed by atoms with E-state index < -0.39 is 15.1 Å². The Labute approximate surface area is 211 Å². The molecule has 4 aromatic rings. The minimum absolute atomic E-state index is 0.549. The molecule has 0 spiro atoms. The van der Waals surface area contributed by atoms with Crippen LogP contribution < -0.4 is 26.1 Å². The van der Waals surface area contributed by atoms with Crippen LogP contribution in [0.2, 0.25) is 0 Å². The molecule has 1 saturated heterocycles. The van der Waals surface area contributed by atoms with Gasteiger partial charge in [0.1, 0.15) is 21.2 Å². The Morgan fingerprint density at radius 3 is 1.23 bits per heavy atom. The summed E-state index contributed by atoms with van der Waals surface area (Å²) in [6, 6.07) is 45.7. The van der Waals surface area contributed by atoms with Crippen LogP contribution in [0.1, 0.15) is 32.6 Å². The second-order valence-corrected chi connectivity index (χ2v) is 16.4. The fourth-order valence-electron chi connectivity index (χ4n) is 6.13. The molecule has 1 aliphatic carbocycles. The van der Waals surface area contributed by atoms with Gasteiger partial charge in [0.15, 0.2) is 0 Å². The highest BCUT2D eigenvalue weighted by molar-refractivity contribution is 8.12. The van der Waals surface area contributed by atoms with Gasteiger partial charge in [-0.2, -0.15) is 0 Å². The van der Waals surface area contributed by atoms with Crippen molar-refractivity contribution in [3.8, 4) is 0 Å². The molecule has 2 atom stereocenters. The Morgan fingerprint density at radius 1 is 0.543 bits per heavy atom. The van der Waals surface area contributed by atoms with E-state index in [0.29, 0.717) is 12.0 Å². The van der Waals surface area contributed by atoms with Gasteiger partial charge in [-0.15, -0.1) is 0 Å². The Hall–Kier alpha value is -2.34. The maximum atomic E-state index is 4.49. The topological polar surface area (TPSA) is 15.3 Å². The fraction of sp³-hybridized carbons (Fsp3) is 0.226. The van der Waals surface area contributed by atoms with Crippen molar-refractivity contribution in [1.82, 2.24) is 9.30 Å². The molecule has 6 rings (SSSR count). The molecule has 0 radical (unpaired) electrons. The summed E-state index contributed by atoms with van der Waals surface area (Å²) in [7, 11) is -4.02. The van der Waals surface area contributed by atoms with Crippen LogP contribution in [0.4, 0.5) is 0 Å². The van der Waals surface area contributed by atoms with Crippen LogP contribution in [-0.4, -0.2) is 10.5 Å². The van der Waals surface area contributed by atoms with Crippen molar-refractivity contribution >= 4 is 36.3 Å². The van der Waals surface area contributed by atoms with E-state index in [1.807, 2.05) is 0 Å². The summed E-state index contributed by atoms with van der Waals surface area (Å²) in [5.41, 5.74) is 0. The molecular weight excluding hydrogens is 462 g/mol. The smallest absolute Gasteiger partial charge is 0.0620 e. The molecule has 176 valence electrons. The summed E-state index contributed by atoms with van der Waals surface area (Å²) in [5, 5.41) is 5.75. The summed E-state index contributed by atoms with van der Waals surface area (Å²) in [6.07, 6.45) is 5.25. The molecule has 35 heavy (non-hydrogen) atoms. The summed E-state index contributed by atoms with van der Waals surface area (Å²) in [4.78, 5) is 4.49. The molecule has 1 N–H and O–H groups in total. The molecule has 4 heteroatoms. The Balaban J connectivity index is 1.65. The first-order valence-corrected chi connectivity index (χ1v) is 16.4. The molecule has 0 aromatic heterocycles. The van der Waals surface area contributed by atoms with E-state index in [-0.39, 0.29) is 0 Å². The summed E-state index contributed by atoms with van der Waals surface area (Å²) >= 11 is 0. The number of nitrogens with one attached hydrogen (secondary N) is 1. The van der Waals surface area contributed by atoms with Gasteiger partial charge in [-0.25, -0.2) is 0 Å². The zero-order valence-electron chi connectivity index (χ0n) is 20.4. The standard InChI is InChI=1S/C31H34N2P2/c1-26-16-14-15-25-31(26)33-34(27-17-6-2-7-18-27,28-19-8-3-9-20-28)32-35(33,29-21-10-4-11-22-29)30-23-12-5-13-24-30/h2-13,17-24,26,31-32H,14-16,25H2,1H3/q+2. The third-order valence-electron chi connectivity index (χ3n) is 7.79. The fourth-order valence-corrected chi connectivity index (χ4v) is 18.5. The van der Waals surface area contributed by atoms with E-state index in [4.69, 9.17) is 0 Å². The number of nitrogens with zero attached hydrogens (tertiary/aromatic N) is 1. The minimum atomic E-state index is -2.01. The van der Waals surface area contributed by atoms with E-state index in [1.165, 1.54) is 46.9 Å². The zero-order valence-corrected chi connectivity index (χ0v) is 22.2. The molecule has 0 amide bonds. The summed E-state index contributed by atoms with van der Waals surface area (Å²) < 4.78 is 3.07. The van der Waals surface area contributed by atoms with Crippen LogP contribution in [0.25, 0.3) is 0 Å². The van der Waals surface area contributed by atoms with Crippen LogP contribution in [-0.2, 0) is 0 Å². The van der Waals surface area contributed by atoms with Crippen LogP contribution in [0, 0.1) is 5.92 Å². The summed E-state index contributed by atoms with van der Waals surface area (Å²) in [5.74, 6) is 0.671. The number of hydrogen-bond donors (Lipinski definition) is 1. The zero-order chi connectivity index (χ0) is 23.7. The first kappa shape index (κ1) is 23.1. The molecule has 1 heterocycles. The Kier molecular flexibility index (Phi) is 6.34. The molecule has 2 nitrogen and oxygen atoms in total. The van der Waals surface area contributed by atoms with E-state index in [1.54, 1.807) is 0 Å². The highest BCUT2D eigenvalue weighted by atomic mass is 31.3. The minimum Gasteiger partial charge on any atom is -0.0620 e. The van der Waals surface area contributed by atoms with Crippen LogP contribution in [0.5, 0.6) is 0 Å². The lowest BCUT2D eigenvalue weighted by atomic mass is 9.87. The van der Waals surface area contributed by atoms with Crippen molar-refractivity contribution < 1.29 is 0 Å². The van der Waals surface area contributed by atoms with Crippen molar-refractivity contribution in [3.05, 3.63) is 121 Å². The molecule has 2 fully saturated rings. The van der Waals surface area contributed by atoms with Gasteiger partial charge in [0.25, 0.3) is 15.1 Å². The molecule has 4 aromatic carbocycles. The van der Waals surface area contributed by atoms with Gasteiger partial charge < -0.3 is 0 Å². The quantitative estimate of drug-likeness (QED) is 0.319. The normalized spacial score (nSPS) is 23.3. The summed E-state index contributed by atoms with van der Waals surface area (Å²) in [6.45, 7) is 2.50. The van der Waals surface area contributed by atoms with Gasteiger partial charge in [-0.05, 0) is 76.6 Å². The third-order valence-corrected chi connectivity index (χ3v) is 17.7. The maximum Gasteiger partial charge on any atom is 0.294 e. The monoisotopic (exact) mass is 496 g/mol. The van der Waals surface area contributed by atoms with Gasteiger partial charge in [-0.3, -0.25) is 0 Å². The van der Waals surface area contributed by atoms with E-state index >= 15 is 0 Å². The van der Waals surface area contributed by atoms with Gasteiger partial charge in [0.2, 0.25) is 0 Å².